The average Bonchev–Trinajstić information content (AvgIpc) is 2.65. The van der Waals surface area contributed by atoms with E-state index in [2.05, 4.69) is 0 Å². The quantitative estimate of drug-likeness (QED) is 0.695. The lowest BCUT2D eigenvalue weighted by molar-refractivity contribution is 0.0694. The topological polar surface area (TPSA) is 76.0 Å². The lowest BCUT2D eigenvalue weighted by Gasteiger charge is -2.17. The number of carboxylic acids is 1. The van der Waals surface area contributed by atoms with Crippen LogP contribution in [-0.2, 0) is 6.61 Å². The largest absolute Gasteiger partial charge is 0.493 e. The number of halogens is 1. The number of benzene rings is 3. The molecular weight excluding hydrogens is 356 g/mol. The molecule has 5 nitrogen and oxygen atoms in total. The molecule has 134 valence electrons. The number of fused-ring (bicyclic) bond motifs is 1. The molecule has 0 heterocycles. The summed E-state index contributed by atoms with van der Waals surface area (Å²) < 4.78 is 10.7. The van der Waals surface area contributed by atoms with Gasteiger partial charge >= 0.3 is 5.97 Å². The number of hydrogen-bond donors (Lipinski definition) is 2. The van der Waals surface area contributed by atoms with Gasteiger partial charge in [0, 0.05) is 10.6 Å². The predicted molar refractivity (Wildman–Crippen MR) is 100 cm³/mol. The molecule has 3 aromatic rings. The molecule has 0 radical (unpaired) electrons. The Morgan fingerprint density at radius 1 is 1.04 bits per heavy atom. The molecule has 0 aromatic heterocycles. The number of methoxy groups -OCH3 is 2. The summed E-state index contributed by atoms with van der Waals surface area (Å²) in [6, 6.07) is 12.1. The zero-order chi connectivity index (χ0) is 18.8. The maximum absolute atomic E-state index is 12.0. The molecule has 0 aliphatic rings. The van der Waals surface area contributed by atoms with E-state index in [-0.39, 0.29) is 5.56 Å². The van der Waals surface area contributed by atoms with E-state index in [9.17, 15) is 15.0 Å². The summed E-state index contributed by atoms with van der Waals surface area (Å²) in [7, 11) is 3.05. The lowest BCUT2D eigenvalue weighted by atomic mass is 9.89. The van der Waals surface area contributed by atoms with Crippen LogP contribution in [0.1, 0.15) is 15.9 Å². The van der Waals surface area contributed by atoms with Crippen LogP contribution in [0.3, 0.4) is 0 Å². The molecule has 0 unspecified atom stereocenters. The Bertz CT molecular complexity index is 980. The van der Waals surface area contributed by atoms with Crippen molar-refractivity contribution in [1.82, 2.24) is 0 Å². The van der Waals surface area contributed by atoms with E-state index < -0.39 is 12.6 Å². The number of carbonyl (C=O) groups is 1. The van der Waals surface area contributed by atoms with Crippen molar-refractivity contribution in [3.8, 4) is 22.6 Å². The standard InChI is InChI=1S/C20H17ClO5/c1-25-16-8-12-7-13(10-22)19(20(23)24)18(15(12)9-17(16)26-2)11-3-5-14(21)6-4-11/h3-9,22H,10H2,1-2H3,(H,23,24). The summed E-state index contributed by atoms with van der Waals surface area (Å²) in [6.07, 6.45) is 0. The van der Waals surface area contributed by atoms with Crippen LogP contribution in [0.25, 0.3) is 21.9 Å². The highest BCUT2D eigenvalue weighted by Gasteiger charge is 2.21. The molecule has 0 saturated carbocycles. The molecule has 6 heteroatoms. The molecule has 26 heavy (non-hydrogen) atoms. The van der Waals surface area contributed by atoms with Crippen molar-refractivity contribution in [2.75, 3.05) is 14.2 Å². The average molecular weight is 373 g/mol. The third kappa shape index (κ3) is 3.07. The van der Waals surface area contributed by atoms with Crippen molar-refractivity contribution in [3.05, 3.63) is 58.6 Å². The molecule has 0 spiro atoms. The second-order valence-electron chi connectivity index (χ2n) is 5.68. The van der Waals surface area contributed by atoms with E-state index >= 15 is 0 Å². The van der Waals surface area contributed by atoms with Crippen LogP contribution in [0.5, 0.6) is 11.5 Å². The zero-order valence-electron chi connectivity index (χ0n) is 14.2. The molecule has 2 N–H and O–H groups in total. The van der Waals surface area contributed by atoms with E-state index in [1.54, 1.807) is 42.5 Å². The van der Waals surface area contributed by atoms with Gasteiger partial charge in [-0.25, -0.2) is 4.79 Å². The van der Waals surface area contributed by atoms with Gasteiger partial charge in [0.25, 0.3) is 0 Å². The summed E-state index contributed by atoms with van der Waals surface area (Å²) in [5, 5.41) is 21.5. The minimum atomic E-state index is -1.12. The minimum absolute atomic E-state index is 0.0505. The van der Waals surface area contributed by atoms with E-state index in [4.69, 9.17) is 21.1 Å². The van der Waals surface area contributed by atoms with Crippen LogP contribution in [0.15, 0.2) is 42.5 Å². The Labute approximate surface area is 155 Å². The SMILES string of the molecule is COc1cc2cc(CO)c(C(=O)O)c(-c3ccc(Cl)cc3)c2cc1OC. The maximum atomic E-state index is 12.0. The molecule has 0 amide bonds. The Morgan fingerprint density at radius 2 is 1.65 bits per heavy atom. The third-order valence-electron chi connectivity index (χ3n) is 4.24. The number of ether oxygens (including phenoxy) is 2. The highest BCUT2D eigenvalue weighted by molar-refractivity contribution is 6.30. The van der Waals surface area contributed by atoms with Gasteiger partial charge in [0.2, 0.25) is 0 Å². The van der Waals surface area contributed by atoms with E-state index in [0.29, 0.717) is 38.6 Å². The van der Waals surface area contributed by atoms with Gasteiger partial charge in [0.1, 0.15) is 0 Å². The van der Waals surface area contributed by atoms with Crippen molar-refractivity contribution < 1.29 is 24.5 Å². The highest BCUT2D eigenvalue weighted by Crippen LogP contribution is 2.40. The van der Waals surface area contributed by atoms with Gasteiger partial charge in [0.05, 0.1) is 26.4 Å². The predicted octanol–water partition coefficient (Wildman–Crippen LogP) is 4.37. The van der Waals surface area contributed by atoms with Crippen LogP contribution < -0.4 is 9.47 Å². The Balaban J connectivity index is 2.48. The smallest absolute Gasteiger partial charge is 0.336 e. The maximum Gasteiger partial charge on any atom is 0.336 e. The first-order valence-electron chi connectivity index (χ1n) is 7.81. The van der Waals surface area contributed by atoms with Gasteiger partial charge in [-0.3, -0.25) is 0 Å². The molecule has 0 saturated heterocycles. The van der Waals surface area contributed by atoms with E-state index in [1.807, 2.05) is 0 Å². The van der Waals surface area contributed by atoms with Crippen LogP contribution in [0, 0.1) is 0 Å². The number of aromatic carboxylic acids is 1. The number of aliphatic hydroxyl groups is 1. The summed E-state index contributed by atoms with van der Waals surface area (Å²) in [6.45, 7) is -0.396. The highest BCUT2D eigenvalue weighted by atomic mass is 35.5. The number of rotatable bonds is 5. The molecule has 0 fully saturated rings. The molecule has 0 bridgehead atoms. The molecular formula is C20H17ClO5. The van der Waals surface area contributed by atoms with Crippen molar-refractivity contribution >= 4 is 28.3 Å². The first kappa shape index (κ1) is 18.0. The summed E-state index contributed by atoms with van der Waals surface area (Å²) in [5.41, 5.74) is 1.55. The summed E-state index contributed by atoms with van der Waals surface area (Å²) in [4.78, 5) is 12.0. The molecule has 3 aromatic carbocycles. The van der Waals surface area contributed by atoms with Crippen molar-refractivity contribution in [2.45, 2.75) is 6.61 Å². The van der Waals surface area contributed by atoms with Gasteiger partial charge < -0.3 is 19.7 Å². The fourth-order valence-corrected chi connectivity index (χ4v) is 3.20. The fourth-order valence-electron chi connectivity index (χ4n) is 3.07. The molecule has 3 rings (SSSR count). The fraction of sp³-hybridized carbons (Fsp3) is 0.150. The van der Waals surface area contributed by atoms with Gasteiger partial charge in [-0.2, -0.15) is 0 Å². The van der Waals surface area contributed by atoms with Gasteiger partial charge in [-0.1, -0.05) is 23.7 Å². The van der Waals surface area contributed by atoms with Gasteiger partial charge in [0.15, 0.2) is 11.5 Å². The number of aliphatic hydroxyl groups excluding tert-OH is 1. The van der Waals surface area contributed by atoms with Gasteiger partial charge in [-0.05, 0) is 52.2 Å². The zero-order valence-corrected chi connectivity index (χ0v) is 15.0. The normalized spacial score (nSPS) is 10.8. The van der Waals surface area contributed by atoms with Crippen molar-refractivity contribution in [3.63, 3.8) is 0 Å². The molecule has 0 atom stereocenters. The van der Waals surface area contributed by atoms with Crippen molar-refractivity contribution in [1.29, 1.82) is 0 Å². The van der Waals surface area contributed by atoms with E-state index in [0.717, 1.165) is 5.39 Å². The Kier molecular flexibility index (Phi) is 5.02. The van der Waals surface area contributed by atoms with Gasteiger partial charge in [-0.15, -0.1) is 0 Å². The summed E-state index contributed by atoms with van der Waals surface area (Å²) in [5.74, 6) is -0.104. The lowest BCUT2D eigenvalue weighted by Crippen LogP contribution is -2.06. The first-order chi connectivity index (χ1) is 12.5. The molecule has 0 aliphatic carbocycles. The number of carboxylic acid groups (broad SMARTS) is 1. The van der Waals surface area contributed by atoms with E-state index in [1.165, 1.54) is 14.2 Å². The van der Waals surface area contributed by atoms with Crippen LogP contribution in [-0.4, -0.2) is 30.4 Å². The monoisotopic (exact) mass is 372 g/mol. The molecule has 0 aliphatic heterocycles. The minimum Gasteiger partial charge on any atom is -0.493 e. The van der Waals surface area contributed by atoms with Crippen LogP contribution in [0.4, 0.5) is 0 Å². The first-order valence-corrected chi connectivity index (χ1v) is 8.19. The summed E-state index contributed by atoms with van der Waals surface area (Å²) >= 11 is 5.97. The van der Waals surface area contributed by atoms with Crippen LogP contribution in [0.2, 0.25) is 5.02 Å². The van der Waals surface area contributed by atoms with Crippen molar-refractivity contribution in [2.24, 2.45) is 0 Å². The van der Waals surface area contributed by atoms with Crippen LogP contribution >= 0.6 is 11.6 Å². The number of hydrogen-bond acceptors (Lipinski definition) is 4. The third-order valence-corrected chi connectivity index (χ3v) is 4.49. The second-order valence-corrected chi connectivity index (χ2v) is 6.12. The second kappa shape index (κ2) is 7.23. The Hall–Kier alpha value is -2.76. The Morgan fingerprint density at radius 3 is 2.19 bits per heavy atom.